The molecule has 5 nitrogen and oxygen atoms in total. The van der Waals surface area contributed by atoms with E-state index in [0.29, 0.717) is 25.7 Å². The predicted molar refractivity (Wildman–Crippen MR) is 115 cm³/mol. The van der Waals surface area contributed by atoms with Gasteiger partial charge in [0.15, 0.2) is 0 Å². The fourth-order valence-electron chi connectivity index (χ4n) is 3.50. The van der Waals surface area contributed by atoms with Gasteiger partial charge in [-0.15, -0.1) is 0 Å². The number of nitrogens with one attached hydrogen (secondary N) is 1. The van der Waals surface area contributed by atoms with Crippen molar-refractivity contribution in [3.63, 3.8) is 0 Å². The van der Waals surface area contributed by atoms with Crippen molar-refractivity contribution in [2.75, 3.05) is 31.6 Å². The number of rotatable bonds is 11. The normalized spacial score (nSPS) is 19.8. The number of anilines is 1. The minimum atomic E-state index is -0.795. The third-order valence-electron chi connectivity index (χ3n) is 5.69. The molecule has 0 bridgehead atoms. The zero-order chi connectivity index (χ0) is 20.4. The van der Waals surface area contributed by atoms with E-state index < -0.39 is 5.60 Å². The molecule has 0 aliphatic carbocycles. The zero-order valence-corrected chi connectivity index (χ0v) is 18.1. The van der Waals surface area contributed by atoms with Crippen LogP contribution in [0.25, 0.3) is 0 Å². The summed E-state index contributed by atoms with van der Waals surface area (Å²) in [7, 11) is 0. The van der Waals surface area contributed by atoms with Crippen LogP contribution in [0.4, 0.5) is 5.69 Å². The molecule has 1 amide bonds. The molecular weight excluding hydrogens is 352 g/mol. The van der Waals surface area contributed by atoms with Gasteiger partial charge >= 0.3 is 0 Å². The molecule has 0 radical (unpaired) electrons. The van der Waals surface area contributed by atoms with Crippen LogP contribution in [0.1, 0.15) is 66.2 Å². The average molecular weight is 391 g/mol. The summed E-state index contributed by atoms with van der Waals surface area (Å²) >= 11 is 0. The number of hydrogen-bond acceptors (Lipinski definition) is 4. The first kappa shape index (κ1) is 22.7. The van der Waals surface area contributed by atoms with E-state index in [0.717, 1.165) is 30.8 Å². The number of likely N-dealkylation sites (tertiary alicyclic amines) is 1. The van der Waals surface area contributed by atoms with E-state index in [4.69, 9.17) is 9.47 Å². The van der Waals surface area contributed by atoms with Gasteiger partial charge in [-0.3, -0.25) is 4.79 Å². The van der Waals surface area contributed by atoms with Crippen molar-refractivity contribution in [2.45, 2.75) is 77.9 Å². The number of carbonyl (C=O) groups excluding carboxylic acids is 1. The number of piperidine rings is 1. The highest BCUT2D eigenvalue weighted by Gasteiger charge is 2.32. The summed E-state index contributed by atoms with van der Waals surface area (Å²) in [5, 5.41) is 2.96. The number of ether oxygens (including phenoxy) is 2. The maximum absolute atomic E-state index is 12.6. The van der Waals surface area contributed by atoms with Gasteiger partial charge in [0.05, 0.1) is 6.61 Å². The molecule has 1 aromatic rings. The molecule has 158 valence electrons. The second kappa shape index (κ2) is 11.4. The van der Waals surface area contributed by atoms with Crippen LogP contribution >= 0.6 is 0 Å². The van der Waals surface area contributed by atoms with Gasteiger partial charge in [0.1, 0.15) is 11.4 Å². The van der Waals surface area contributed by atoms with E-state index in [1.807, 2.05) is 45.0 Å². The molecule has 1 aliphatic rings. The van der Waals surface area contributed by atoms with Crippen molar-refractivity contribution in [2.24, 2.45) is 0 Å². The van der Waals surface area contributed by atoms with E-state index in [1.165, 1.54) is 25.8 Å². The monoisotopic (exact) mass is 390 g/mol. The molecule has 5 heteroatoms. The molecule has 2 rings (SSSR count). The van der Waals surface area contributed by atoms with Crippen molar-refractivity contribution in [1.29, 1.82) is 0 Å². The Kier molecular flexibility index (Phi) is 9.26. The average Bonchev–Trinajstić information content (AvgIpc) is 2.71. The molecule has 1 saturated heterocycles. The van der Waals surface area contributed by atoms with E-state index >= 15 is 0 Å². The van der Waals surface area contributed by atoms with Gasteiger partial charge in [0.2, 0.25) is 0 Å². The number of nitrogens with zero attached hydrogens (tertiary/aromatic N) is 1. The fraction of sp³-hybridized carbons (Fsp3) is 0.696. The second-order valence-electron chi connectivity index (χ2n) is 7.99. The molecule has 1 N–H and O–H groups in total. The van der Waals surface area contributed by atoms with Crippen molar-refractivity contribution in [3.05, 3.63) is 24.3 Å². The van der Waals surface area contributed by atoms with Crippen molar-refractivity contribution in [3.8, 4) is 5.75 Å². The van der Waals surface area contributed by atoms with Crippen LogP contribution in [-0.2, 0) is 9.53 Å². The molecule has 28 heavy (non-hydrogen) atoms. The maximum Gasteiger partial charge on any atom is 0.256 e. The molecule has 1 aromatic carbocycles. The highest BCUT2D eigenvalue weighted by Crippen LogP contribution is 2.21. The standard InChI is InChI=1S/C23H38N2O3/c1-5-17-28-23(4,6-2)22(26)24-20-11-13-21(14-12-20)27-18-9-16-25-15-8-7-10-19(25)3/h11-14,19H,5-10,15-18H2,1-4H3,(H,24,26)/t19-,23-/m1/s1. The molecule has 1 heterocycles. The summed E-state index contributed by atoms with van der Waals surface area (Å²) < 4.78 is 11.6. The summed E-state index contributed by atoms with van der Waals surface area (Å²) in [5.41, 5.74) is -0.0317. The lowest BCUT2D eigenvalue weighted by atomic mass is 10.0. The van der Waals surface area contributed by atoms with Crippen LogP contribution in [0.2, 0.25) is 0 Å². The molecule has 2 atom stereocenters. The molecule has 0 spiro atoms. The van der Waals surface area contributed by atoms with Crippen LogP contribution in [0.15, 0.2) is 24.3 Å². The van der Waals surface area contributed by atoms with E-state index in [9.17, 15) is 4.79 Å². The van der Waals surface area contributed by atoms with Gasteiger partial charge in [-0.2, -0.15) is 0 Å². The molecule has 0 saturated carbocycles. The van der Waals surface area contributed by atoms with Crippen LogP contribution in [0.5, 0.6) is 5.75 Å². The van der Waals surface area contributed by atoms with Gasteiger partial charge < -0.3 is 19.7 Å². The Morgan fingerprint density at radius 1 is 1.21 bits per heavy atom. The third-order valence-corrected chi connectivity index (χ3v) is 5.69. The minimum absolute atomic E-state index is 0.104. The smallest absolute Gasteiger partial charge is 0.256 e. The van der Waals surface area contributed by atoms with Crippen molar-refractivity contribution >= 4 is 11.6 Å². The second-order valence-corrected chi connectivity index (χ2v) is 7.99. The molecule has 1 fully saturated rings. The van der Waals surface area contributed by atoms with E-state index in [2.05, 4.69) is 17.1 Å². The minimum Gasteiger partial charge on any atom is -0.494 e. The Morgan fingerprint density at radius 3 is 2.61 bits per heavy atom. The van der Waals surface area contributed by atoms with Gasteiger partial charge in [-0.1, -0.05) is 20.3 Å². The predicted octanol–water partition coefficient (Wildman–Crippen LogP) is 4.86. The van der Waals surface area contributed by atoms with Gasteiger partial charge in [-0.25, -0.2) is 0 Å². The van der Waals surface area contributed by atoms with Crippen LogP contribution in [0.3, 0.4) is 0 Å². The zero-order valence-electron chi connectivity index (χ0n) is 18.1. The van der Waals surface area contributed by atoms with Crippen molar-refractivity contribution < 1.29 is 14.3 Å². The Bertz CT molecular complexity index is 590. The highest BCUT2D eigenvalue weighted by molar-refractivity contribution is 5.97. The number of carbonyl (C=O) groups is 1. The fourth-order valence-corrected chi connectivity index (χ4v) is 3.50. The number of hydrogen-bond donors (Lipinski definition) is 1. The summed E-state index contributed by atoms with van der Waals surface area (Å²) in [5.74, 6) is 0.734. The lowest BCUT2D eigenvalue weighted by molar-refractivity contribution is -0.139. The van der Waals surface area contributed by atoms with Crippen molar-refractivity contribution in [1.82, 2.24) is 4.90 Å². The summed E-state index contributed by atoms with van der Waals surface area (Å²) in [4.78, 5) is 15.1. The van der Waals surface area contributed by atoms with Crippen LogP contribution in [-0.4, -0.2) is 48.8 Å². The van der Waals surface area contributed by atoms with Gasteiger partial charge in [0, 0.05) is 24.9 Å². The maximum atomic E-state index is 12.6. The van der Waals surface area contributed by atoms with E-state index in [-0.39, 0.29) is 5.91 Å². The van der Waals surface area contributed by atoms with Gasteiger partial charge in [-0.05, 0) is 76.8 Å². The summed E-state index contributed by atoms with van der Waals surface area (Å²) in [6.07, 6.45) is 6.56. The van der Waals surface area contributed by atoms with E-state index in [1.54, 1.807) is 0 Å². The third kappa shape index (κ3) is 6.78. The number of benzene rings is 1. The first-order valence-electron chi connectivity index (χ1n) is 10.9. The van der Waals surface area contributed by atoms with Crippen LogP contribution in [0, 0.1) is 0 Å². The topological polar surface area (TPSA) is 50.8 Å². The SMILES string of the molecule is CCCO[C@](C)(CC)C(=O)Nc1ccc(OCCCN2CCCC[C@H]2C)cc1. The molecule has 1 aliphatic heterocycles. The highest BCUT2D eigenvalue weighted by atomic mass is 16.5. The largest absolute Gasteiger partial charge is 0.494 e. The lowest BCUT2D eigenvalue weighted by Gasteiger charge is -2.33. The molecular formula is C23H38N2O3. The lowest BCUT2D eigenvalue weighted by Crippen LogP contribution is -2.42. The Balaban J connectivity index is 1.75. The quantitative estimate of drug-likeness (QED) is 0.548. The summed E-state index contributed by atoms with van der Waals surface area (Å²) in [6, 6.07) is 8.29. The molecule has 0 aromatic heterocycles. The van der Waals surface area contributed by atoms with Gasteiger partial charge in [0.25, 0.3) is 5.91 Å². The first-order chi connectivity index (χ1) is 13.5. The number of amides is 1. The molecule has 0 unspecified atom stereocenters. The Hall–Kier alpha value is -1.59. The first-order valence-corrected chi connectivity index (χ1v) is 10.9. The van der Waals surface area contributed by atoms with Crippen LogP contribution < -0.4 is 10.1 Å². The Labute approximate surface area is 170 Å². The Morgan fingerprint density at radius 2 is 1.96 bits per heavy atom. The summed E-state index contributed by atoms with van der Waals surface area (Å²) in [6.45, 7) is 11.8.